The van der Waals surface area contributed by atoms with Gasteiger partial charge in [-0.3, -0.25) is 4.79 Å². The number of nitrogens with zero attached hydrogens (tertiary/aromatic N) is 2. The fourth-order valence-electron chi connectivity index (χ4n) is 5.16. The molecular weight excluding hydrogens is 442 g/mol. The molecule has 1 aromatic carbocycles. The molecule has 2 atom stereocenters. The molecule has 2 unspecified atom stereocenters. The standard InChI is InChI=1S/C28H39N3O4/c1-33-15-16-35-26-7-3-5-23(17-26)24(18-27(32)34-2)20-31-14-12-21(19-31)8-10-25-11-9-22-6-4-13-29-28(22)30-25/h3,5,7,9,11,17,21,24H,4,6,8,10,12-16,18-20H2,1-2H3,(H,29,30). The van der Waals surface area contributed by atoms with Crippen molar-refractivity contribution in [2.45, 2.75) is 44.4 Å². The Hall–Kier alpha value is -2.64. The van der Waals surface area contributed by atoms with Crippen molar-refractivity contribution in [3.05, 3.63) is 53.2 Å². The second kappa shape index (κ2) is 12.9. The minimum atomic E-state index is -0.177. The zero-order chi connectivity index (χ0) is 24.5. The van der Waals surface area contributed by atoms with Crippen LogP contribution in [0.1, 0.15) is 48.4 Å². The molecule has 2 aliphatic rings. The van der Waals surface area contributed by atoms with Crippen LogP contribution < -0.4 is 10.1 Å². The van der Waals surface area contributed by atoms with Crippen LogP contribution in [0.5, 0.6) is 5.75 Å². The second-order valence-corrected chi connectivity index (χ2v) is 9.68. The summed E-state index contributed by atoms with van der Waals surface area (Å²) in [5.41, 5.74) is 3.64. The minimum Gasteiger partial charge on any atom is -0.491 e. The van der Waals surface area contributed by atoms with Gasteiger partial charge in [-0.2, -0.15) is 0 Å². The number of anilines is 1. The van der Waals surface area contributed by atoms with Crippen LogP contribution in [0.15, 0.2) is 36.4 Å². The molecule has 0 radical (unpaired) electrons. The van der Waals surface area contributed by atoms with Gasteiger partial charge in [-0.05, 0) is 73.9 Å². The first kappa shape index (κ1) is 25.5. The quantitative estimate of drug-likeness (QED) is 0.362. The highest BCUT2D eigenvalue weighted by molar-refractivity contribution is 5.70. The third-order valence-electron chi connectivity index (χ3n) is 7.14. The van der Waals surface area contributed by atoms with Crippen molar-refractivity contribution in [1.29, 1.82) is 0 Å². The molecule has 2 aromatic rings. The van der Waals surface area contributed by atoms with Crippen LogP contribution in [0.3, 0.4) is 0 Å². The normalized spacial score (nSPS) is 18.5. The molecule has 1 N–H and O–H groups in total. The Bertz CT molecular complexity index is 967. The maximum Gasteiger partial charge on any atom is 0.306 e. The molecule has 0 bridgehead atoms. The van der Waals surface area contributed by atoms with Crippen LogP contribution in [0.2, 0.25) is 0 Å². The Kier molecular flexibility index (Phi) is 9.37. The summed E-state index contributed by atoms with van der Waals surface area (Å²) in [5, 5.41) is 3.44. The van der Waals surface area contributed by atoms with Crippen molar-refractivity contribution in [2.75, 3.05) is 58.9 Å². The van der Waals surface area contributed by atoms with Crippen LogP contribution in [-0.4, -0.2) is 69.5 Å². The van der Waals surface area contributed by atoms with E-state index in [4.69, 9.17) is 19.2 Å². The van der Waals surface area contributed by atoms with Gasteiger partial charge in [0.1, 0.15) is 18.2 Å². The molecule has 190 valence electrons. The third-order valence-corrected chi connectivity index (χ3v) is 7.14. The lowest BCUT2D eigenvalue weighted by molar-refractivity contribution is -0.141. The number of benzene rings is 1. The lowest BCUT2D eigenvalue weighted by atomic mass is 9.94. The number of ether oxygens (including phenoxy) is 3. The van der Waals surface area contributed by atoms with Crippen molar-refractivity contribution < 1.29 is 19.0 Å². The zero-order valence-corrected chi connectivity index (χ0v) is 21.1. The number of hydrogen-bond donors (Lipinski definition) is 1. The van der Waals surface area contributed by atoms with Gasteiger partial charge in [0.25, 0.3) is 0 Å². The van der Waals surface area contributed by atoms with Gasteiger partial charge in [-0.1, -0.05) is 18.2 Å². The van der Waals surface area contributed by atoms with Gasteiger partial charge >= 0.3 is 5.97 Å². The summed E-state index contributed by atoms with van der Waals surface area (Å²) < 4.78 is 15.9. The average molecular weight is 482 g/mol. The first-order valence-electron chi connectivity index (χ1n) is 12.9. The Balaban J connectivity index is 1.32. The Labute approximate surface area is 209 Å². The molecule has 0 aliphatic carbocycles. The molecule has 0 saturated carbocycles. The van der Waals surface area contributed by atoms with E-state index in [0.29, 0.717) is 25.6 Å². The monoisotopic (exact) mass is 481 g/mol. The fourth-order valence-corrected chi connectivity index (χ4v) is 5.16. The minimum absolute atomic E-state index is 0.0700. The van der Waals surface area contributed by atoms with Crippen LogP contribution in [-0.2, 0) is 27.1 Å². The summed E-state index contributed by atoms with van der Waals surface area (Å²) in [6.45, 7) is 5.04. The van der Waals surface area contributed by atoms with E-state index in [1.165, 1.54) is 31.2 Å². The summed E-state index contributed by atoms with van der Waals surface area (Å²) >= 11 is 0. The molecule has 1 fully saturated rings. The number of carbonyl (C=O) groups excluding carboxylic acids is 1. The van der Waals surface area contributed by atoms with E-state index >= 15 is 0 Å². The topological polar surface area (TPSA) is 72.9 Å². The molecule has 35 heavy (non-hydrogen) atoms. The highest BCUT2D eigenvalue weighted by Gasteiger charge is 2.27. The summed E-state index contributed by atoms with van der Waals surface area (Å²) in [7, 11) is 3.12. The van der Waals surface area contributed by atoms with Gasteiger partial charge < -0.3 is 24.4 Å². The molecule has 2 aliphatic heterocycles. The largest absolute Gasteiger partial charge is 0.491 e. The number of fused-ring (bicyclic) bond motifs is 1. The van der Waals surface area contributed by atoms with Gasteiger partial charge in [0, 0.05) is 38.4 Å². The smallest absolute Gasteiger partial charge is 0.306 e. The molecule has 1 saturated heterocycles. The lowest BCUT2D eigenvalue weighted by Crippen LogP contribution is -2.28. The predicted molar refractivity (Wildman–Crippen MR) is 137 cm³/mol. The van der Waals surface area contributed by atoms with Crippen molar-refractivity contribution in [3.8, 4) is 5.75 Å². The maximum atomic E-state index is 12.2. The third kappa shape index (κ3) is 7.42. The second-order valence-electron chi connectivity index (χ2n) is 9.68. The summed E-state index contributed by atoms with van der Waals surface area (Å²) in [6, 6.07) is 12.5. The van der Waals surface area contributed by atoms with E-state index in [0.717, 1.165) is 62.6 Å². The van der Waals surface area contributed by atoms with Crippen LogP contribution in [0.4, 0.5) is 5.82 Å². The number of nitrogens with one attached hydrogen (secondary N) is 1. The van der Waals surface area contributed by atoms with E-state index in [1.807, 2.05) is 18.2 Å². The summed E-state index contributed by atoms with van der Waals surface area (Å²) in [6.07, 6.45) is 6.03. The SMILES string of the molecule is COCCOc1cccc(C(CC(=O)OC)CN2CCC(CCc3ccc4c(n3)NCCC4)C2)c1. The molecule has 0 amide bonds. The molecule has 1 aromatic heterocycles. The van der Waals surface area contributed by atoms with Crippen LogP contribution in [0.25, 0.3) is 0 Å². The van der Waals surface area contributed by atoms with Crippen molar-refractivity contribution in [1.82, 2.24) is 9.88 Å². The van der Waals surface area contributed by atoms with Crippen molar-refractivity contribution in [2.24, 2.45) is 5.92 Å². The highest BCUT2D eigenvalue weighted by atomic mass is 16.5. The van der Waals surface area contributed by atoms with Gasteiger partial charge in [-0.25, -0.2) is 4.98 Å². The lowest BCUT2D eigenvalue weighted by Gasteiger charge is -2.24. The van der Waals surface area contributed by atoms with Crippen LogP contribution in [0, 0.1) is 5.92 Å². The number of hydrogen-bond acceptors (Lipinski definition) is 7. The van der Waals surface area contributed by atoms with Gasteiger partial charge in [0.15, 0.2) is 0 Å². The summed E-state index contributed by atoms with van der Waals surface area (Å²) in [5.74, 6) is 2.44. The number of carbonyl (C=O) groups is 1. The molecule has 3 heterocycles. The van der Waals surface area contributed by atoms with Gasteiger partial charge in [0.2, 0.25) is 0 Å². The molecule has 7 heteroatoms. The van der Waals surface area contributed by atoms with Crippen molar-refractivity contribution >= 4 is 11.8 Å². The molecular formula is C28H39N3O4. The zero-order valence-electron chi connectivity index (χ0n) is 21.1. The number of methoxy groups -OCH3 is 2. The predicted octanol–water partition coefficient (Wildman–Crippen LogP) is 4.07. The average Bonchev–Trinajstić information content (AvgIpc) is 3.34. The van der Waals surface area contributed by atoms with E-state index in [2.05, 4.69) is 28.4 Å². The molecule has 4 rings (SSSR count). The molecule has 7 nitrogen and oxygen atoms in total. The molecule has 0 spiro atoms. The van der Waals surface area contributed by atoms with E-state index in [1.54, 1.807) is 7.11 Å². The maximum absolute atomic E-state index is 12.2. The first-order chi connectivity index (χ1) is 17.1. The number of esters is 1. The van der Waals surface area contributed by atoms with Crippen molar-refractivity contribution in [3.63, 3.8) is 0 Å². The Morgan fingerprint density at radius 3 is 3.00 bits per heavy atom. The Morgan fingerprint density at radius 1 is 1.23 bits per heavy atom. The number of aromatic nitrogens is 1. The number of likely N-dealkylation sites (tertiary alicyclic amines) is 1. The number of rotatable bonds is 12. The van der Waals surface area contributed by atoms with E-state index in [-0.39, 0.29) is 11.9 Å². The van der Waals surface area contributed by atoms with Crippen LogP contribution >= 0.6 is 0 Å². The highest BCUT2D eigenvalue weighted by Crippen LogP contribution is 2.29. The number of aryl methyl sites for hydroxylation is 2. The van der Waals surface area contributed by atoms with Gasteiger partial charge in [0.05, 0.1) is 20.1 Å². The fraction of sp³-hybridized carbons (Fsp3) is 0.571. The Morgan fingerprint density at radius 2 is 2.14 bits per heavy atom. The van der Waals surface area contributed by atoms with E-state index in [9.17, 15) is 4.79 Å². The first-order valence-corrected chi connectivity index (χ1v) is 12.9. The van der Waals surface area contributed by atoms with E-state index < -0.39 is 0 Å². The number of pyridine rings is 1. The van der Waals surface area contributed by atoms with Gasteiger partial charge in [-0.15, -0.1) is 0 Å². The summed E-state index contributed by atoms with van der Waals surface area (Å²) in [4.78, 5) is 19.6.